The third-order valence-corrected chi connectivity index (χ3v) is 6.85. The Labute approximate surface area is 203 Å². The van der Waals surface area contributed by atoms with E-state index in [1.54, 1.807) is 15.8 Å². The minimum Gasteiger partial charge on any atom is -0.493 e. The number of nitrogens with zero attached hydrogens (tertiary/aromatic N) is 3. The highest BCUT2D eigenvalue weighted by Gasteiger charge is 2.34. The number of halogens is 3. The van der Waals surface area contributed by atoms with Crippen molar-refractivity contribution >= 4 is 38.5 Å². The van der Waals surface area contributed by atoms with Gasteiger partial charge >= 0.3 is 6.18 Å². The van der Waals surface area contributed by atoms with Crippen molar-refractivity contribution in [1.29, 1.82) is 0 Å². The van der Waals surface area contributed by atoms with Crippen molar-refractivity contribution in [3.8, 4) is 23.0 Å². The number of benzene rings is 1. The second-order valence-corrected chi connectivity index (χ2v) is 9.56. The highest BCUT2D eigenvalue weighted by Crippen LogP contribution is 2.39. The van der Waals surface area contributed by atoms with Crippen LogP contribution in [0.1, 0.15) is 51.0 Å². The van der Waals surface area contributed by atoms with E-state index in [9.17, 15) is 18.3 Å². The Bertz CT molecular complexity index is 1230. The van der Waals surface area contributed by atoms with Gasteiger partial charge in [0.05, 0.1) is 24.1 Å². The van der Waals surface area contributed by atoms with Crippen molar-refractivity contribution in [1.82, 2.24) is 14.4 Å². The van der Waals surface area contributed by atoms with Crippen LogP contribution in [-0.4, -0.2) is 26.1 Å². The zero-order valence-corrected chi connectivity index (χ0v) is 20.2. The topological polar surface area (TPSA) is 71.7 Å². The maximum atomic E-state index is 13.7. The minimum atomic E-state index is -4.53. The number of hydrogen-bond acceptors (Lipinski definition) is 7. The third-order valence-electron chi connectivity index (χ3n) is 5.25. The van der Waals surface area contributed by atoms with Gasteiger partial charge in [0.1, 0.15) is 11.4 Å². The second kappa shape index (κ2) is 10.6. The van der Waals surface area contributed by atoms with E-state index in [0.717, 1.165) is 43.9 Å². The number of imidazole rings is 1. The monoisotopic (exact) mass is 510 g/mol. The zero-order valence-electron chi connectivity index (χ0n) is 18.6. The number of thiazole rings is 2. The molecule has 0 atom stereocenters. The first kappa shape index (κ1) is 24.3. The lowest BCUT2D eigenvalue weighted by Gasteiger charge is -2.15. The maximum Gasteiger partial charge on any atom is 0.420 e. The number of aromatic nitrogens is 3. The van der Waals surface area contributed by atoms with Gasteiger partial charge in [0.15, 0.2) is 10.1 Å². The molecule has 6 nitrogen and oxygen atoms in total. The molecule has 0 aliphatic heterocycles. The predicted octanol–water partition coefficient (Wildman–Crippen LogP) is 7.73. The molecular formula is C23H25F3N4O2S2. The Kier molecular flexibility index (Phi) is 7.62. The summed E-state index contributed by atoms with van der Waals surface area (Å²) >= 11 is 2.63. The molecule has 0 bridgehead atoms. The van der Waals surface area contributed by atoms with Crippen LogP contribution in [0.2, 0.25) is 0 Å². The van der Waals surface area contributed by atoms with Crippen molar-refractivity contribution in [2.45, 2.75) is 51.6 Å². The van der Waals surface area contributed by atoms with Crippen molar-refractivity contribution in [3.05, 3.63) is 40.7 Å². The lowest BCUT2D eigenvalue weighted by atomic mass is 10.1. The molecule has 1 aromatic carbocycles. The van der Waals surface area contributed by atoms with Crippen LogP contribution < -0.4 is 10.1 Å². The Morgan fingerprint density at radius 1 is 1.06 bits per heavy atom. The lowest BCUT2D eigenvalue weighted by Crippen LogP contribution is -2.10. The smallest absolute Gasteiger partial charge is 0.420 e. The van der Waals surface area contributed by atoms with Crippen LogP contribution in [0.4, 0.5) is 24.0 Å². The standard InChI is InChI=1S/C23H25F3N4O2S2/c1-2-3-4-5-6-7-10-32-19-9-8-15(11-16(19)23(24,25)26)27-21-28-17(13-33-21)18-14-34-22-29-20(31)12-30(18)22/h8-9,11-14,31H,2-7,10H2,1H3,(H,27,28). The van der Waals surface area contributed by atoms with E-state index in [1.165, 1.54) is 41.4 Å². The van der Waals surface area contributed by atoms with Gasteiger partial charge in [-0.25, -0.2) is 4.98 Å². The molecular weight excluding hydrogens is 485 g/mol. The summed E-state index contributed by atoms with van der Waals surface area (Å²) < 4.78 is 48.2. The van der Waals surface area contributed by atoms with E-state index >= 15 is 0 Å². The number of ether oxygens (including phenoxy) is 1. The summed E-state index contributed by atoms with van der Waals surface area (Å²) in [5.74, 6) is -0.243. The van der Waals surface area contributed by atoms with Gasteiger partial charge in [-0.2, -0.15) is 18.2 Å². The van der Waals surface area contributed by atoms with Gasteiger partial charge in [0, 0.05) is 16.4 Å². The molecule has 0 spiro atoms. The average molecular weight is 511 g/mol. The Hall–Kier alpha value is -2.79. The second-order valence-electron chi connectivity index (χ2n) is 7.86. The third kappa shape index (κ3) is 5.82. The molecule has 3 heterocycles. The molecule has 4 aromatic rings. The molecule has 182 valence electrons. The molecule has 0 saturated heterocycles. The van der Waals surface area contributed by atoms with E-state index in [-0.39, 0.29) is 23.9 Å². The lowest BCUT2D eigenvalue weighted by molar-refractivity contribution is -0.138. The Morgan fingerprint density at radius 2 is 1.85 bits per heavy atom. The highest BCUT2D eigenvalue weighted by molar-refractivity contribution is 7.15. The fourth-order valence-electron chi connectivity index (χ4n) is 3.55. The quantitative estimate of drug-likeness (QED) is 0.202. The number of nitrogens with one attached hydrogen (secondary N) is 1. The molecule has 0 fully saturated rings. The molecule has 0 saturated carbocycles. The van der Waals surface area contributed by atoms with Crippen LogP contribution >= 0.6 is 22.7 Å². The van der Waals surface area contributed by atoms with E-state index in [4.69, 9.17) is 4.74 Å². The SMILES string of the molecule is CCCCCCCCOc1ccc(Nc2nc(-c3csc4nc(O)cn34)cs2)cc1C(F)(F)F. The van der Waals surface area contributed by atoms with E-state index in [0.29, 0.717) is 15.8 Å². The van der Waals surface area contributed by atoms with Crippen LogP contribution in [0.25, 0.3) is 16.3 Å². The highest BCUT2D eigenvalue weighted by atomic mass is 32.1. The van der Waals surface area contributed by atoms with E-state index in [1.807, 2.05) is 5.38 Å². The number of alkyl halides is 3. The fourth-order valence-corrected chi connectivity index (χ4v) is 5.13. The van der Waals surface area contributed by atoms with Crippen LogP contribution in [0.3, 0.4) is 0 Å². The summed E-state index contributed by atoms with van der Waals surface area (Å²) in [5.41, 5.74) is 0.835. The fraction of sp³-hybridized carbons (Fsp3) is 0.391. The normalized spacial score (nSPS) is 11.9. The summed E-state index contributed by atoms with van der Waals surface area (Å²) in [5, 5.41) is 16.6. The number of unbranched alkanes of at least 4 members (excludes halogenated alkanes) is 5. The molecule has 34 heavy (non-hydrogen) atoms. The summed E-state index contributed by atoms with van der Waals surface area (Å²) in [4.78, 5) is 9.11. The molecule has 0 amide bonds. The van der Waals surface area contributed by atoms with E-state index < -0.39 is 11.7 Å². The minimum absolute atomic E-state index is 0.0832. The largest absolute Gasteiger partial charge is 0.493 e. The number of fused-ring (bicyclic) bond motifs is 1. The van der Waals surface area contributed by atoms with Gasteiger partial charge in [-0.05, 0) is 24.6 Å². The molecule has 11 heteroatoms. The number of anilines is 2. The van der Waals surface area contributed by atoms with E-state index in [2.05, 4.69) is 22.2 Å². The average Bonchev–Trinajstić information content (AvgIpc) is 3.49. The number of aromatic hydroxyl groups is 1. The number of hydrogen-bond donors (Lipinski definition) is 2. The van der Waals surface area contributed by atoms with Crippen molar-refractivity contribution < 1.29 is 23.0 Å². The van der Waals surface area contributed by atoms with Gasteiger partial charge in [-0.15, -0.1) is 22.7 Å². The molecule has 0 aliphatic carbocycles. The number of rotatable bonds is 11. The Morgan fingerprint density at radius 3 is 2.65 bits per heavy atom. The van der Waals surface area contributed by atoms with Crippen molar-refractivity contribution in [2.75, 3.05) is 11.9 Å². The summed E-state index contributed by atoms with van der Waals surface area (Å²) in [7, 11) is 0. The summed E-state index contributed by atoms with van der Waals surface area (Å²) in [6.45, 7) is 2.40. The van der Waals surface area contributed by atoms with Gasteiger partial charge in [-0.1, -0.05) is 39.0 Å². The van der Waals surface area contributed by atoms with Crippen molar-refractivity contribution in [3.63, 3.8) is 0 Å². The maximum absolute atomic E-state index is 13.7. The van der Waals surface area contributed by atoms with Crippen LogP contribution in [0.5, 0.6) is 11.6 Å². The van der Waals surface area contributed by atoms with Crippen LogP contribution in [0, 0.1) is 0 Å². The van der Waals surface area contributed by atoms with Gasteiger partial charge < -0.3 is 15.2 Å². The molecule has 3 aromatic heterocycles. The molecule has 2 N–H and O–H groups in total. The van der Waals surface area contributed by atoms with Crippen molar-refractivity contribution in [2.24, 2.45) is 0 Å². The first-order chi connectivity index (χ1) is 16.3. The zero-order chi connectivity index (χ0) is 24.1. The summed E-state index contributed by atoms with van der Waals surface area (Å²) in [6.07, 6.45) is 3.18. The molecule has 0 radical (unpaired) electrons. The molecule has 0 aliphatic rings. The van der Waals surface area contributed by atoms with Gasteiger partial charge in [-0.3, -0.25) is 4.40 Å². The van der Waals surface area contributed by atoms with Gasteiger partial charge in [0.2, 0.25) is 5.88 Å². The van der Waals surface area contributed by atoms with Crippen LogP contribution in [0.15, 0.2) is 35.2 Å². The van der Waals surface area contributed by atoms with Gasteiger partial charge in [0.25, 0.3) is 0 Å². The van der Waals surface area contributed by atoms with Crippen LogP contribution in [-0.2, 0) is 6.18 Å². The molecule has 4 rings (SSSR count). The predicted molar refractivity (Wildman–Crippen MR) is 129 cm³/mol. The molecule has 0 unspecified atom stereocenters. The summed E-state index contributed by atoms with van der Waals surface area (Å²) in [6, 6.07) is 3.96. The first-order valence-electron chi connectivity index (χ1n) is 11.1. The Balaban J connectivity index is 1.43. The first-order valence-corrected chi connectivity index (χ1v) is 12.8.